The minimum Gasteiger partial charge on any atom is -0.382 e. The molecule has 0 aliphatic carbocycles. The number of aromatic nitrogens is 2. The zero-order valence-electron chi connectivity index (χ0n) is 18.0. The molecule has 166 valence electrons. The Kier molecular flexibility index (Phi) is 5.45. The molecule has 8 heteroatoms. The lowest BCUT2D eigenvalue weighted by Crippen LogP contribution is -2.52. The van der Waals surface area contributed by atoms with Crippen LogP contribution in [0.3, 0.4) is 0 Å². The molecular formula is C23H31N5O3. The second-order valence-electron chi connectivity index (χ2n) is 9.02. The van der Waals surface area contributed by atoms with Gasteiger partial charge in [0.2, 0.25) is 5.91 Å². The van der Waals surface area contributed by atoms with E-state index in [1.165, 1.54) is 0 Å². The Balaban J connectivity index is 1.26. The zero-order chi connectivity index (χ0) is 21.4. The first-order chi connectivity index (χ1) is 15.0. The Bertz CT molecular complexity index is 925. The van der Waals surface area contributed by atoms with E-state index in [-0.39, 0.29) is 18.0 Å². The van der Waals surface area contributed by atoms with Gasteiger partial charge in [0, 0.05) is 44.6 Å². The summed E-state index contributed by atoms with van der Waals surface area (Å²) >= 11 is 0. The molecular weight excluding hydrogens is 394 g/mol. The second kappa shape index (κ2) is 8.26. The van der Waals surface area contributed by atoms with Crippen molar-refractivity contribution in [3.8, 4) is 0 Å². The number of hydrogen-bond donors (Lipinski definition) is 2. The molecule has 8 nitrogen and oxygen atoms in total. The summed E-state index contributed by atoms with van der Waals surface area (Å²) in [5.74, 6) is 0.730. The molecule has 1 aromatic heterocycles. The van der Waals surface area contributed by atoms with Crippen molar-refractivity contribution >= 4 is 17.3 Å². The molecule has 2 bridgehead atoms. The van der Waals surface area contributed by atoms with Crippen LogP contribution in [0.15, 0.2) is 36.7 Å². The summed E-state index contributed by atoms with van der Waals surface area (Å²) in [5, 5.41) is 14.5. The Morgan fingerprint density at radius 1 is 1.23 bits per heavy atom. The highest BCUT2D eigenvalue weighted by molar-refractivity contribution is 5.95. The minimum absolute atomic E-state index is 0.0000379. The number of piperidine rings is 1. The summed E-state index contributed by atoms with van der Waals surface area (Å²) in [4.78, 5) is 22.0. The minimum atomic E-state index is -0.917. The van der Waals surface area contributed by atoms with Crippen molar-refractivity contribution in [3.05, 3.63) is 42.5 Å². The zero-order valence-corrected chi connectivity index (χ0v) is 18.0. The number of aliphatic hydroxyl groups is 1. The van der Waals surface area contributed by atoms with Crippen LogP contribution in [-0.2, 0) is 22.2 Å². The summed E-state index contributed by atoms with van der Waals surface area (Å²) in [7, 11) is 1.92. The topological polar surface area (TPSA) is 82.9 Å². The average molecular weight is 426 g/mol. The lowest BCUT2D eigenvalue weighted by atomic mass is 9.85. The van der Waals surface area contributed by atoms with Crippen LogP contribution in [0.25, 0.3) is 0 Å². The lowest BCUT2D eigenvalue weighted by Gasteiger charge is -2.43. The van der Waals surface area contributed by atoms with Gasteiger partial charge in [-0.2, -0.15) is 0 Å². The monoisotopic (exact) mass is 425 g/mol. The average Bonchev–Trinajstić information content (AvgIpc) is 3.31. The number of imidazole rings is 1. The Morgan fingerprint density at radius 3 is 2.61 bits per heavy atom. The molecule has 31 heavy (non-hydrogen) atoms. The SMILES string of the molecule is Cn1ccnc1C1(O)C[C@@H]2CC[C@@H](C1)N2CC(=O)Nc1ccccc1N1CCOCC1. The van der Waals surface area contributed by atoms with Gasteiger partial charge in [0.15, 0.2) is 0 Å². The van der Waals surface area contributed by atoms with E-state index in [9.17, 15) is 9.90 Å². The molecule has 0 radical (unpaired) electrons. The summed E-state index contributed by atoms with van der Waals surface area (Å²) in [6.07, 6.45) is 6.87. The maximum atomic E-state index is 13.0. The first-order valence-corrected chi connectivity index (χ1v) is 11.2. The van der Waals surface area contributed by atoms with Crippen molar-refractivity contribution in [1.82, 2.24) is 14.5 Å². The fourth-order valence-corrected chi connectivity index (χ4v) is 5.59. The number of carbonyl (C=O) groups is 1. The first-order valence-electron chi connectivity index (χ1n) is 11.2. The third-order valence-corrected chi connectivity index (χ3v) is 7.01. The van der Waals surface area contributed by atoms with Gasteiger partial charge >= 0.3 is 0 Å². The Labute approximate surface area is 182 Å². The maximum Gasteiger partial charge on any atom is 0.238 e. The van der Waals surface area contributed by atoms with Crippen molar-refractivity contribution in [2.45, 2.75) is 43.4 Å². The second-order valence-corrected chi connectivity index (χ2v) is 9.02. The van der Waals surface area contributed by atoms with E-state index in [0.717, 1.165) is 43.1 Å². The molecule has 0 saturated carbocycles. The molecule has 0 unspecified atom stereocenters. The molecule has 1 amide bonds. The van der Waals surface area contributed by atoms with Crippen LogP contribution in [0.4, 0.5) is 11.4 Å². The van der Waals surface area contributed by atoms with Crippen molar-refractivity contribution in [1.29, 1.82) is 0 Å². The van der Waals surface area contributed by atoms with Crippen LogP contribution >= 0.6 is 0 Å². The van der Waals surface area contributed by atoms with Crippen molar-refractivity contribution in [3.63, 3.8) is 0 Å². The van der Waals surface area contributed by atoms with Gasteiger partial charge in [-0.15, -0.1) is 0 Å². The predicted molar refractivity (Wildman–Crippen MR) is 118 cm³/mol. The molecule has 1 aromatic carbocycles. The van der Waals surface area contributed by atoms with Gasteiger partial charge < -0.3 is 24.6 Å². The molecule has 3 saturated heterocycles. The highest BCUT2D eigenvalue weighted by Gasteiger charge is 2.50. The number of para-hydroxylation sites is 2. The number of anilines is 2. The summed E-state index contributed by atoms with van der Waals surface area (Å²) in [5.41, 5.74) is 0.980. The number of hydrogen-bond acceptors (Lipinski definition) is 6. The highest BCUT2D eigenvalue weighted by Crippen LogP contribution is 2.45. The van der Waals surface area contributed by atoms with Crippen molar-refractivity contribution < 1.29 is 14.6 Å². The van der Waals surface area contributed by atoms with Crippen molar-refractivity contribution in [2.75, 3.05) is 43.1 Å². The number of fused-ring (bicyclic) bond motifs is 2. The van der Waals surface area contributed by atoms with Gasteiger partial charge in [-0.05, 0) is 37.8 Å². The summed E-state index contributed by atoms with van der Waals surface area (Å²) < 4.78 is 7.37. The number of rotatable bonds is 5. The van der Waals surface area contributed by atoms with Crippen LogP contribution in [0.2, 0.25) is 0 Å². The van der Waals surface area contributed by atoms with Crippen molar-refractivity contribution in [2.24, 2.45) is 7.05 Å². The van der Waals surface area contributed by atoms with Gasteiger partial charge in [-0.25, -0.2) is 4.98 Å². The normalized spacial score (nSPS) is 28.6. The van der Waals surface area contributed by atoms with Gasteiger partial charge in [-0.1, -0.05) is 12.1 Å². The number of amides is 1. The summed E-state index contributed by atoms with van der Waals surface area (Å²) in [6.45, 7) is 3.42. The number of nitrogens with zero attached hydrogens (tertiary/aromatic N) is 4. The predicted octanol–water partition coefficient (Wildman–Crippen LogP) is 1.71. The van der Waals surface area contributed by atoms with Crippen LogP contribution < -0.4 is 10.2 Å². The Hall–Kier alpha value is -2.42. The number of ether oxygens (including phenoxy) is 1. The standard InChI is InChI=1S/C23H31N5O3/c1-26-9-8-24-22(26)23(30)14-17-6-7-18(15-23)28(17)16-21(29)25-19-4-2-3-5-20(19)27-10-12-31-13-11-27/h2-5,8-9,17-18,30H,6-7,10-16H2,1H3,(H,25,29)/t17-,18-/m0/s1. The fraction of sp³-hybridized carbons (Fsp3) is 0.565. The molecule has 5 rings (SSSR count). The molecule has 2 aromatic rings. The molecule has 4 heterocycles. The number of benzene rings is 1. The lowest BCUT2D eigenvalue weighted by molar-refractivity contribution is -0.121. The van der Waals surface area contributed by atoms with E-state index in [2.05, 4.69) is 26.2 Å². The van der Waals surface area contributed by atoms with E-state index in [0.29, 0.717) is 32.6 Å². The molecule has 2 N–H and O–H groups in total. The first kappa shape index (κ1) is 20.5. The van der Waals surface area contributed by atoms with E-state index >= 15 is 0 Å². The van der Waals surface area contributed by atoms with E-state index in [1.54, 1.807) is 6.20 Å². The molecule has 3 fully saturated rings. The third-order valence-electron chi connectivity index (χ3n) is 7.01. The van der Waals surface area contributed by atoms with Gasteiger partial charge in [0.25, 0.3) is 0 Å². The number of carbonyl (C=O) groups excluding carboxylic acids is 1. The van der Waals surface area contributed by atoms with Gasteiger partial charge in [-0.3, -0.25) is 9.69 Å². The van der Waals surface area contributed by atoms with Crippen LogP contribution in [-0.4, -0.2) is 70.4 Å². The van der Waals surface area contributed by atoms with Gasteiger partial charge in [0.1, 0.15) is 11.4 Å². The largest absolute Gasteiger partial charge is 0.382 e. The van der Waals surface area contributed by atoms with E-state index in [4.69, 9.17) is 4.74 Å². The number of aryl methyl sites for hydroxylation is 1. The third kappa shape index (κ3) is 3.95. The van der Waals surface area contributed by atoms with Crippen LogP contribution in [0, 0.1) is 0 Å². The van der Waals surface area contributed by atoms with E-state index < -0.39 is 5.60 Å². The van der Waals surface area contributed by atoms with Crippen LogP contribution in [0.1, 0.15) is 31.5 Å². The molecule has 2 atom stereocenters. The van der Waals surface area contributed by atoms with E-state index in [1.807, 2.05) is 36.0 Å². The molecule has 0 spiro atoms. The Morgan fingerprint density at radius 2 is 1.94 bits per heavy atom. The van der Waals surface area contributed by atoms with Gasteiger partial charge in [0.05, 0.1) is 31.1 Å². The molecule has 3 aliphatic rings. The summed E-state index contributed by atoms with van der Waals surface area (Å²) in [6, 6.07) is 8.37. The maximum absolute atomic E-state index is 13.0. The number of nitrogens with one attached hydrogen (secondary N) is 1. The highest BCUT2D eigenvalue weighted by atomic mass is 16.5. The quantitative estimate of drug-likeness (QED) is 0.759. The molecule has 3 aliphatic heterocycles. The number of morpholine rings is 1. The van der Waals surface area contributed by atoms with Crippen LogP contribution in [0.5, 0.6) is 0 Å². The smallest absolute Gasteiger partial charge is 0.238 e. The fourth-order valence-electron chi connectivity index (χ4n) is 5.59.